The van der Waals surface area contributed by atoms with Crippen LogP contribution in [-0.2, 0) is 6.42 Å². The molecule has 2 heterocycles. The number of nitrogens with two attached hydrogens (primary N) is 1. The van der Waals surface area contributed by atoms with E-state index in [-0.39, 0.29) is 11.9 Å². The number of aromatic nitrogens is 2. The highest BCUT2D eigenvalue weighted by Crippen LogP contribution is 2.16. The Balaban J connectivity index is 1.98. The van der Waals surface area contributed by atoms with Crippen molar-refractivity contribution in [1.29, 1.82) is 0 Å². The molecule has 1 amide bonds. The molecule has 0 saturated carbocycles. The molecule has 2 aromatic heterocycles. The molecule has 7 heteroatoms. The van der Waals surface area contributed by atoms with Crippen LogP contribution < -0.4 is 11.1 Å². The fraction of sp³-hybridized carbons (Fsp3) is 0.364. The molecule has 5 nitrogen and oxygen atoms in total. The van der Waals surface area contributed by atoms with Gasteiger partial charge in [0.2, 0.25) is 0 Å². The van der Waals surface area contributed by atoms with Crippen LogP contribution in [0.4, 0.5) is 0 Å². The number of hydrogen-bond acceptors (Lipinski definition) is 6. The minimum Gasteiger partial charge on any atom is -0.342 e. The lowest BCUT2D eigenvalue weighted by atomic mass is 10.3. The first-order valence-electron chi connectivity index (χ1n) is 5.55. The van der Waals surface area contributed by atoms with Crippen molar-refractivity contribution in [3.05, 3.63) is 32.7 Å². The molecule has 0 saturated heterocycles. The molecule has 1 unspecified atom stereocenters. The van der Waals surface area contributed by atoms with E-state index in [1.807, 2.05) is 12.3 Å². The van der Waals surface area contributed by atoms with Crippen LogP contribution in [0.25, 0.3) is 0 Å². The first kappa shape index (κ1) is 13.1. The third-order valence-electron chi connectivity index (χ3n) is 2.31. The summed E-state index contributed by atoms with van der Waals surface area (Å²) in [6, 6.07) is -0.0999. The second-order valence-electron chi connectivity index (χ2n) is 3.73. The van der Waals surface area contributed by atoms with Gasteiger partial charge in [0.1, 0.15) is 10.7 Å². The maximum Gasteiger partial charge on any atom is 0.271 e. The Kier molecular flexibility index (Phi) is 4.40. The number of nitrogens with one attached hydrogen (secondary N) is 1. The monoisotopic (exact) mass is 282 g/mol. The van der Waals surface area contributed by atoms with Crippen LogP contribution in [0.2, 0.25) is 0 Å². The van der Waals surface area contributed by atoms with Gasteiger partial charge in [-0.1, -0.05) is 0 Å². The Labute approximate surface area is 113 Å². The SMILES string of the molecule is CC(NC(=O)c1csc(CCN)n1)c1nccs1. The molecule has 0 spiro atoms. The number of rotatable bonds is 5. The van der Waals surface area contributed by atoms with Gasteiger partial charge in [0, 0.05) is 23.4 Å². The molecule has 0 aromatic carbocycles. The number of hydrogen-bond donors (Lipinski definition) is 2. The van der Waals surface area contributed by atoms with E-state index < -0.39 is 0 Å². The highest BCUT2D eigenvalue weighted by molar-refractivity contribution is 7.10. The molecule has 0 aliphatic heterocycles. The summed E-state index contributed by atoms with van der Waals surface area (Å²) in [5, 5.41) is 8.31. The predicted molar refractivity (Wildman–Crippen MR) is 72.9 cm³/mol. The average Bonchev–Trinajstić information content (AvgIpc) is 3.00. The Morgan fingerprint density at radius 1 is 1.56 bits per heavy atom. The van der Waals surface area contributed by atoms with Gasteiger partial charge in [0.15, 0.2) is 0 Å². The molecular weight excluding hydrogens is 268 g/mol. The molecule has 2 rings (SSSR count). The topological polar surface area (TPSA) is 80.9 Å². The van der Waals surface area contributed by atoms with Crippen molar-refractivity contribution in [3.63, 3.8) is 0 Å². The van der Waals surface area contributed by atoms with Crippen molar-refractivity contribution in [2.45, 2.75) is 19.4 Å². The molecule has 18 heavy (non-hydrogen) atoms. The van der Waals surface area contributed by atoms with Gasteiger partial charge < -0.3 is 11.1 Å². The van der Waals surface area contributed by atoms with Gasteiger partial charge in [0.05, 0.1) is 11.0 Å². The highest BCUT2D eigenvalue weighted by Gasteiger charge is 2.15. The van der Waals surface area contributed by atoms with E-state index in [0.717, 1.165) is 10.0 Å². The summed E-state index contributed by atoms with van der Waals surface area (Å²) < 4.78 is 0. The number of carbonyl (C=O) groups excluding carboxylic acids is 1. The van der Waals surface area contributed by atoms with Crippen molar-refractivity contribution in [3.8, 4) is 0 Å². The van der Waals surface area contributed by atoms with Gasteiger partial charge in [-0.15, -0.1) is 22.7 Å². The van der Waals surface area contributed by atoms with Gasteiger partial charge in [-0.3, -0.25) is 4.79 Å². The number of thiazole rings is 2. The van der Waals surface area contributed by atoms with E-state index >= 15 is 0 Å². The Morgan fingerprint density at radius 2 is 2.39 bits per heavy atom. The second-order valence-corrected chi connectivity index (χ2v) is 5.60. The van der Waals surface area contributed by atoms with Crippen LogP contribution in [0.3, 0.4) is 0 Å². The van der Waals surface area contributed by atoms with Crippen LogP contribution in [0.15, 0.2) is 17.0 Å². The molecule has 2 aromatic rings. The van der Waals surface area contributed by atoms with Gasteiger partial charge in [-0.05, 0) is 13.5 Å². The summed E-state index contributed by atoms with van der Waals surface area (Å²) >= 11 is 2.98. The summed E-state index contributed by atoms with van der Waals surface area (Å²) in [5.74, 6) is -0.169. The van der Waals surface area contributed by atoms with E-state index in [0.29, 0.717) is 18.7 Å². The van der Waals surface area contributed by atoms with Crippen LogP contribution >= 0.6 is 22.7 Å². The zero-order chi connectivity index (χ0) is 13.0. The van der Waals surface area contributed by atoms with E-state index in [2.05, 4.69) is 15.3 Å². The summed E-state index contributed by atoms with van der Waals surface area (Å²) in [5.41, 5.74) is 5.90. The zero-order valence-corrected chi connectivity index (χ0v) is 11.6. The number of nitrogens with zero attached hydrogens (tertiary/aromatic N) is 2. The maximum atomic E-state index is 11.9. The van der Waals surface area contributed by atoms with Gasteiger partial charge in [-0.25, -0.2) is 9.97 Å². The second kappa shape index (κ2) is 6.03. The van der Waals surface area contributed by atoms with E-state index in [9.17, 15) is 4.79 Å². The van der Waals surface area contributed by atoms with Crippen molar-refractivity contribution in [2.24, 2.45) is 5.73 Å². The first-order chi connectivity index (χ1) is 8.70. The van der Waals surface area contributed by atoms with Gasteiger partial charge >= 0.3 is 0 Å². The number of amides is 1. The zero-order valence-electron chi connectivity index (χ0n) is 9.92. The third-order valence-corrected chi connectivity index (χ3v) is 4.18. The van der Waals surface area contributed by atoms with Crippen LogP contribution in [0.5, 0.6) is 0 Å². The average molecular weight is 282 g/mol. The normalized spacial score (nSPS) is 12.3. The predicted octanol–water partition coefficient (Wildman–Crippen LogP) is 1.59. The van der Waals surface area contributed by atoms with E-state index in [4.69, 9.17) is 5.73 Å². The summed E-state index contributed by atoms with van der Waals surface area (Å²) in [6.45, 7) is 2.45. The largest absolute Gasteiger partial charge is 0.342 e. The minimum atomic E-state index is -0.169. The molecule has 3 N–H and O–H groups in total. The highest BCUT2D eigenvalue weighted by atomic mass is 32.1. The molecule has 0 fully saturated rings. The lowest BCUT2D eigenvalue weighted by Crippen LogP contribution is -2.26. The van der Waals surface area contributed by atoms with Crippen LogP contribution in [-0.4, -0.2) is 22.4 Å². The minimum absolute atomic E-state index is 0.0999. The quantitative estimate of drug-likeness (QED) is 0.872. The summed E-state index contributed by atoms with van der Waals surface area (Å²) in [6.07, 6.45) is 2.44. The fourth-order valence-corrected chi connectivity index (χ4v) is 2.87. The molecule has 0 aliphatic rings. The molecule has 0 radical (unpaired) electrons. The first-order valence-corrected chi connectivity index (χ1v) is 7.31. The van der Waals surface area contributed by atoms with Crippen LogP contribution in [0, 0.1) is 0 Å². The Hall–Kier alpha value is -1.31. The van der Waals surface area contributed by atoms with Crippen molar-refractivity contribution >= 4 is 28.6 Å². The Bertz CT molecular complexity index is 509. The standard InChI is InChI=1S/C11H14N4OS2/c1-7(11-13-4-5-17-11)14-10(16)8-6-18-9(15-8)2-3-12/h4-7H,2-3,12H2,1H3,(H,14,16). The summed E-state index contributed by atoms with van der Waals surface area (Å²) in [7, 11) is 0. The number of carbonyl (C=O) groups is 1. The van der Waals surface area contributed by atoms with Crippen LogP contribution in [0.1, 0.15) is 33.5 Å². The molecule has 1 atom stereocenters. The lowest BCUT2D eigenvalue weighted by Gasteiger charge is -2.09. The van der Waals surface area contributed by atoms with Gasteiger partial charge in [0.25, 0.3) is 5.91 Å². The fourth-order valence-electron chi connectivity index (χ4n) is 1.43. The summed E-state index contributed by atoms with van der Waals surface area (Å²) in [4.78, 5) is 20.4. The molecular formula is C11H14N4OS2. The molecule has 96 valence electrons. The van der Waals surface area contributed by atoms with Crippen molar-refractivity contribution in [2.75, 3.05) is 6.54 Å². The molecule has 0 aliphatic carbocycles. The van der Waals surface area contributed by atoms with Gasteiger partial charge in [-0.2, -0.15) is 0 Å². The van der Waals surface area contributed by atoms with E-state index in [1.54, 1.807) is 11.6 Å². The third kappa shape index (κ3) is 3.12. The van der Waals surface area contributed by atoms with Crippen molar-refractivity contribution in [1.82, 2.24) is 15.3 Å². The molecule has 0 bridgehead atoms. The van der Waals surface area contributed by atoms with E-state index in [1.165, 1.54) is 22.7 Å². The Morgan fingerprint density at radius 3 is 3.06 bits per heavy atom. The maximum absolute atomic E-state index is 11.9. The lowest BCUT2D eigenvalue weighted by molar-refractivity contribution is 0.0935. The smallest absolute Gasteiger partial charge is 0.271 e. The van der Waals surface area contributed by atoms with Crippen molar-refractivity contribution < 1.29 is 4.79 Å².